The van der Waals surface area contributed by atoms with Crippen LogP contribution in [0.15, 0.2) is 60.7 Å². The van der Waals surface area contributed by atoms with Gasteiger partial charge in [-0.2, -0.15) is 26.3 Å². The van der Waals surface area contributed by atoms with Crippen LogP contribution in [-0.4, -0.2) is 50.6 Å². The minimum atomic E-state index is -5.75. The van der Waals surface area contributed by atoms with E-state index in [0.29, 0.717) is 37.5 Å². The number of epoxide rings is 2. The molecule has 0 spiro atoms. The molecule has 2 atom stereocenters. The number of esters is 2. The van der Waals surface area contributed by atoms with E-state index in [2.05, 4.69) is 9.47 Å². The van der Waals surface area contributed by atoms with Gasteiger partial charge in [-0.25, -0.2) is 18.4 Å². The average molecular weight is 687 g/mol. The Labute approximate surface area is 266 Å². The van der Waals surface area contributed by atoms with Gasteiger partial charge in [0, 0.05) is 12.2 Å². The lowest BCUT2D eigenvalue weighted by Crippen LogP contribution is -2.21. The molecule has 16 heteroatoms. The van der Waals surface area contributed by atoms with Crippen LogP contribution in [0.25, 0.3) is 12.2 Å². The summed E-state index contributed by atoms with van der Waals surface area (Å²) < 4.78 is 142. The average Bonchev–Trinajstić information content (AvgIpc) is 3.93. The molecule has 0 radical (unpaired) electrons. The Bertz CT molecular complexity index is 1610. The fourth-order valence-electron chi connectivity index (χ4n) is 4.08. The van der Waals surface area contributed by atoms with Gasteiger partial charge in [0.1, 0.15) is 48.0 Å². The number of carbonyl (C=O) groups is 2. The molecular weight excluding hydrogens is 664 g/mol. The minimum absolute atomic E-state index is 0.0532. The van der Waals surface area contributed by atoms with Crippen LogP contribution >= 0.6 is 0 Å². The molecule has 0 N–H and O–H groups in total. The molecule has 0 amide bonds. The number of benzene rings is 3. The fourth-order valence-corrected chi connectivity index (χ4v) is 4.08. The Hall–Kier alpha value is -4.96. The Kier molecular flexibility index (Phi) is 10.0. The quantitative estimate of drug-likeness (QED) is 0.0676. The maximum absolute atomic E-state index is 14.3. The smallest absolute Gasteiger partial charge is 0.420 e. The fraction of sp³-hybridized carbons (Fsp3) is 0.250. The number of hydrogen-bond acceptors (Lipinski definition) is 8. The molecule has 2 unspecified atom stereocenters. The molecule has 0 aromatic heterocycles. The van der Waals surface area contributed by atoms with Crippen molar-refractivity contribution in [1.29, 1.82) is 0 Å². The van der Waals surface area contributed by atoms with Crippen molar-refractivity contribution in [2.45, 2.75) is 24.6 Å². The van der Waals surface area contributed by atoms with Gasteiger partial charge in [-0.3, -0.25) is 0 Å². The van der Waals surface area contributed by atoms with E-state index in [1.165, 1.54) is 24.3 Å². The maximum Gasteiger partial charge on any atom is 0.420 e. The van der Waals surface area contributed by atoms with Crippen LogP contribution in [0.2, 0.25) is 0 Å². The summed E-state index contributed by atoms with van der Waals surface area (Å²) in [4.78, 5) is 24.7. The largest absolute Gasteiger partial charge is 0.488 e. The normalized spacial score (nSPS) is 17.4. The zero-order valence-corrected chi connectivity index (χ0v) is 24.2. The van der Waals surface area contributed by atoms with Gasteiger partial charge in [0.25, 0.3) is 0 Å². The van der Waals surface area contributed by atoms with E-state index in [1.54, 1.807) is 0 Å². The van der Waals surface area contributed by atoms with E-state index >= 15 is 0 Å². The lowest BCUT2D eigenvalue weighted by molar-refractivity contribution is -0.164. The molecule has 0 saturated carbocycles. The molecule has 8 nitrogen and oxygen atoms in total. The maximum atomic E-state index is 14.3. The van der Waals surface area contributed by atoms with Crippen LogP contribution in [0.5, 0.6) is 23.0 Å². The number of ether oxygens (including phenoxy) is 6. The second kappa shape index (κ2) is 14.0. The van der Waals surface area contributed by atoms with Gasteiger partial charge in [-0.1, -0.05) is 12.1 Å². The molecule has 2 aliphatic heterocycles. The van der Waals surface area contributed by atoms with Gasteiger partial charge in [-0.15, -0.1) is 0 Å². The Morgan fingerprint density at radius 3 is 1.31 bits per heavy atom. The molecule has 2 fully saturated rings. The monoisotopic (exact) mass is 686 g/mol. The summed E-state index contributed by atoms with van der Waals surface area (Å²) in [7, 11) is 0. The van der Waals surface area contributed by atoms with E-state index < -0.39 is 58.6 Å². The van der Waals surface area contributed by atoms with Crippen molar-refractivity contribution in [2.75, 3.05) is 26.4 Å². The topological polar surface area (TPSA) is 96.1 Å². The van der Waals surface area contributed by atoms with Crippen molar-refractivity contribution in [2.24, 2.45) is 0 Å². The first-order valence-electron chi connectivity index (χ1n) is 13.9. The molecular formula is C32H22F8O8. The van der Waals surface area contributed by atoms with Crippen LogP contribution in [0.4, 0.5) is 35.1 Å². The number of rotatable bonds is 12. The van der Waals surface area contributed by atoms with Crippen molar-refractivity contribution < 1.29 is 73.1 Å². The van der Waals surface area contributed by atoms with Gasteiger partial charge in [0.2, 0.25) is 0 Å². The van der Waals surface area contributed by atoms with Crippen molar-refractivity contribution >= 4 is 24.1 Å². The summed E-state index contributed by atoms with van der Waals surface area (Å²) in [5, 5.41) is 0. The highest BCUT2D eigenvalue weighted by atomic mass is 19.4. The van der Waals surface area contributed by atoms with Crippen molar-refractivity contribution in [1.82, 2.24) is 0 Å². The van der Waals surface area contributed by atoms with E-state index in [4.69, 9.17) is 18.9 Å². The SMILES string of the molecule is O=C(C=Cc1ccc(OCC2CO2)c(F)c1)Oc1ccc(OC(=O)C=Cc2ccc(OCC3CO3)c(F)c2)c(C(F)(F)F)c1C(F)(F)F. The molecule has 2 aliphatic rings. The van der Waals surface area contributed by atoms with Gasteiger partial charge in [0.05, 0.1) is 13.2 Å². The molecule has 0 bridgehead atoms. The molecule has 0 aliphatic carbocycles. The lowest BCUT2D eigenvalue weighted by Gasteiger charge is -2.21. The number of halogens is 8. The van der Waals surface area contributed by atoms with Gasteiger partial charge < -0.3 is 28.4 Å². The van der Waals surface area contributed by atoms with Crippen LogP contribution in [0, 0.1) is 11.6 Å². The first kappa shape index (κ1) is 34.4. The Balaban J connectivity index is 1.31. The van der Waals surface area contributed by atoms with Crippen LogP contribution in [-0.2, 0) is 31.4 Å². The van der Waals surface area contributed by atoms with Crippen molar-refractivity contribution in [3.8, 4) is 23.0 Å². The first-order valence-corrected chi connectivity index (χ1v) is 13.9. The van der Waals surface area contributed by atoms with Gasteiger partial charge in [0.15, 0.2) is 23.1 Å². The summed E-state index contributed by atoms with van der Waals surface area (Å²) >= 11 is 0. The van der Waals surface area contributed by atoms with Crippen LogP contribution < -0.4 is 18.9 Å². The van der Waals surface area contributed by atoms with Crippen LogP contribution in [0.3, 0.4) is 0 Å². The molecule has 2 heterocycles. The standard InChI is InChI=1S/C32H22F8O8/c33-21-11-17(1-5-23(21)45-15-19-13-43-19)3-9-27(41)47-25-7-8-26(30(32(38,39)40)29(25)31(35,36)37)48-28(42)10-4-18-2-6-24(22(34)12-18)46-16-20-14-44-20/h1-12,19-20H,13-16H2. The number of alkyl halides is 6. The molecule has 254 valence electrons. The van der Waals surface area contributed by atoms with E-state index in [0.717, 1.165) is 24.3 Å². The third kappa shape index (κ3) is 9.32. The number of carbonyl (C=O) groups excluding carboxylic acids is 2. The van der Waals surface area contributed by atoms with E-state index in [-0.39, 0.29) is 48.0 Å². The minimum Gasteiger partial charge on any atom is -0.488 e. The lowest BCUT2D eigenvalue weighted by atomic mass is 10.0. The van der Waals surface area contributed by atoms with Gasteiger partial charge >= 0.3 is 24.3 Å². The summed E-state index contributed by atoms with van der Waals surface area (Å²) in [6, 6.07) is 7.69. The third-order valence-electron chi connectivity index (χ3n) is 6.51. The van der Waals surface area contributed by atoms with Crippen molar-refractivity contribution in [3.05, 3.63) is 94.6 Å². The highest BCUT2D eigenvalue weighted by Gasteiger charge is 2.48. The first-order chi connectivity index (χ1) is 22.7. The molecule has 48 heavy (non-hydrogen) atoms. The Morgan fingerprint density at radius 2 is 1.00 bits per heavy atom. The second-order valence-electron chi connectivity index (χ2n) is 10.2. The summed E-state index contributed by atoms with van der Waals surface area (Å²) in [6.07, 6.45) is -8.74. The summed E-state index contributed by atoms with van der Waals surface area (Å²) in [5.41, 5.74) is -4.77. The second-order valence-corrected chi connectivity index (χ2v) is 10.2. The number of hydrogen-bond donors (Lipinski definition) is 0. The molecule has 5 rings (SSSR count). The van der Waals surface area contributed by atoms with Gasteiger partial charge in [-0.05, 0) is 59.7 Å². The summed E-state index contributed by atoms with van der Waals surface area (Å²) in [5.74, 6) is -8.03. The highest BCUT2D eigenvalue weighted by molar-refractivity contribution is 5.90. The predicted octanol–water partition coefficient (Wildman–Crippen LogP) is 6.80. The van der Waals surface area contributed by atoms with E-state index in [1.807, 2.05) is 0 Å². The zero-order chi connectivity index (χ0) is 34.6. The molecule has 2 saturated heterocycles. The molecule has 3 aromatic carbocycles. The third-order valence-corrected chi connectivity index (χ3v) is 6.51. The predicted molar refractivity (Wildman–Crippen MR) is 149 cm³/mol. The van der Waals surface area contributed by atoms with E-state index in [9.17, 15) is 44.7 Å². The highest BCUT2D eigenvalue weighted by Crippen LogP contribution is 2.49. The Morgan fingerprint density at radius 1 is 0.646 bits per heavy atom. The zero-order valence-electron chi connectivity index (χ0n) is 24.2. The molecule has 3 aromatic rings. The van der Waals surface area contributed by atoms with Crippen LogP contribution in [0.1, 0.15) is 22.3 Å². The summed E-state index contributed by atoms with van der Waals surface area (Å²) in [6.45, 7) is 1.17. The van der Waals surface area contributed by atoms with Crippen molar-refractivity contribution in [3.63, 3.8) is 0 Å².